The van der Waals surface area contributed by atoms with E-state index in [9.17, 15) is 24.3 Å². The van der Waals surface area contributed by atoms with Gasteiger partial charge in [0.05, 0.1) is 6.61 Å². The van der Waals surface area contributed by atoms with Crippen molar-refractivity contribution in [3.8, 4) is 0 Å². The number of aliphatic hydroxyl groups excluding tert-OH is 1. The van der Waals surface area contributed by atoms with Gasteiger partial charge in [0.25, 0.3) is 6.29 Å². The van der Waals surface area contributed by atoms with Gasteiger partial charge in [-0.15, -0.1) is 0 Å². The highest BCUT2D eigenvalue weighted by Crippen LogP contribution is 2.38. The Morgan fingerprint density at radius 2 is 1.48 bits per heavy atom. The molecule has 0 aliphatic carbocycles. The molecular formula is C14H19FO10. The highest BCUT2D eigenvalue weighted by Gasteiger charge is 2.65. The predicted octanol–water partition coefficient (Wildman–Crippen LogP) is -0.641. The normalized spacial score (nSPS) is 31.6. The number of aliphatic hydroxyl groups is 1. The topological polar surface area (TPSA) is 135 Å². The Morgan fingerprint density at radius 3 is 1.88 bits per heavy atom. The van der Waals surface area contributed by atoms with E-state index in [1.807, 2.05) is 0 Å². The number of esters is 4. The standard InChI is InChI=1S/C14H19FO10/c1-6(17)21-11-10(5-16)24-13(23-8(3)19)14(15,25-9(4)20)12(11)22-7(2)18/h10-13,16H,5H2,1-4H3/t10-,11-,12+,13-,14+/m1/s1. The molecule has 1 fully saturated rings. The first kappa shape index (κ1) is 20.8. The molecule has 1 N–H and O–H groups in total. The van der Waals surface area contributed by atoms with Crippen molar-refractivity contribution in [2.24, 2.45) is 0 Å². The maximum Gasteiger partial charge on any atom is 0.353 e. The van der Waals surface area contributed by atoms with Gasteiger partial charge in [0, 0.05) is 27.7 Å². The van der Waals surface area contributed by atoms with E-state index < -0.39 is 60.9 Å². The predicted molar refractivity (Wildman–Crippen MR) is 74.2 cm³/mol. The summed E-state index contributed by atoms with van der Waals surface area (Å²) in [7, 11) is 0. The van der Waals surface area contributed by atoms with Gasteiger partial charge in [-0.05, 0) is 0 Å². The largest absolute Gasteiger partial charge is 0.455 e. The lowest BCUT2D eigenvalue weighted by Gasteiger charge is -2.46. The SMILES string of the molecule is CC(=O)O[C@@H]1[C@@H](CO)O[C@@H](OC(C)=O)[C@@](F)(OC(C)=O)[C@H]1OC(C)=O. The molecule has 10 nitrogen and oxygen atoms in total. The Morgan fingerprint density at radius 1 is 0.960 bits per heavy atom. The first-order chi connectivity index (χ1) is 11.5. The van der Waals surface area contributed by atoms with Gasteiger partial charge >= 0.3 is 29.7 Å². The van der Waals surface area contributed by atoms with Crippen LogP contribution in [0.1, 0.15) is 27.7 Å². The van der Waals surface area contributed by atoms with E-state index in [1.54, 1.807) is 0 Å². The average molecular weight is 366 g/mol. The second-order valence-corrected chi connectivity index (χ2v) is 5.19. The second-order valence-electron chi connectivity index (χ2n) is 5.19. The quantitative estimate of drug-likeness (QED) is 0.494. The third kappa shape index (κ3) is 5.10. The molecule has 0 radical (unpaired) electrons. The van der Waals surface area contributed by atoms with Crippen LogP contribution < -0.4 is 0 Å². The summed E-state index contributed by atoms with van der Waals surface area (Å²) in [6.07, 6.45) is -7.30. The van der Waals surface area contributed by atoms with E-state index >= 15 is 4.39 Å². The van der Waals surface area contributed by atoms with Crippen molar-refractivity contribution in [3.05, 3.63) is 0 Å². The molecule has 1 saturated heterocycles. The minimum atomic E-state index is -3.31. The number of ether oxygens (including phenoxy) is 5. The van der Waals surface area contributed by atoms with Crippen LogP contribution in [0.5, 0.6) is 0 Å². The van der Waals surface area contributed by atoms with E-state index in [0.29, 0.717) is 0 Å². The molecule has 0 amide bonds. The minimum absolute atomic E-state index is 0.802. The Labute approximate surface area is 142 Å². The molecule has 5 atom stereocenters. The fourth-order valence-corrected chi connectivity index (χ4v) is 2.27. The molecule has 0 aromatic rings. The van der Waals surface area contributed by atoms with Gasteiger partial charge in [0.1, 0.15) is 6.10 Å². The average Bonchev–Trinajstić information content (AvgIpc) is 2.44. The Balaban J connectivity index is 3.40. The molecule has 0 aromatic carbocycles. The van der Waals surface area contributed by atoms with Gasteiger partial charge in [0.2, 0.25) is 6.10 Å². The van der Waals surface area contributed by atoms with Crippen molar-refractivity contribution in [2.75, 3.05) is 6.61 Å². The smallest absolute Gasteiger partial charge is 0.353 e. The molecule has 0 bridgehead atoms. The van der Waals surface area contributed by atoms with E-state index in [1.165, 1.54) is 0 Å². The fraction of sp³-hybridized carbons (Fsp3) is 0.714. The first-order valence-electron chi connectivity index (χ1n) is 7.17. The summed E-state index contributed by atoms with van der Waals surface area (Å²) in [6.45, 7) is 2.91. The number of hydrogen-bond acceptors (Lipinski definition) is 10. The summed E-state index contributed by atoms with van der Waals surface area (Å²) < 4.78 is 39.4. The molecule has 1 aliphatic heterocycles. The van der Waals surface area contributed by atoms with Crippen molar-refractivity contribution >= 4 is 23.9 Å². The van der Waals surface area contributed by atoms with Gasteiger partial charge in [-0.25, -0.2) is 0 Å². The van der Waals surface area contributed by atoms with Gasteiger partial charge in [-0.3, -0.25) is 19.2 Å². The Hall–Kier alpha value is -2.27. The molecule has 11 heteroatoms. The van der Waals surface area contributed by atoms with E-state index in [0.717, 1.165) is 27.7 Å². The summed E-state index contributed by atoms with van der Waals surface area (Å²) in [5, 5.41) is 9.40. The number of alkyl halides is 1. The number of hydrogen-bond donors (Lipinski definition) is 1. The third-order valence-corrected chi connectivity index (χ3v) is 3.02. The van der Waals surface area contributed by atoms with Crippen LogP contribution in [-0.2, 0) is 42.9 Å². The molecule has 1 aliphatic rings. The highest BCUT2D eigenvalue weighted by molar-refractivity contribution is 5.69. The van der Waals surface area contributed by atoms with E-state index in [-0.39, 0.29) is 0 Å². The zero-order valence-corrected chi connectivity index (χ0v) is 14.0. The molecule has 1 rings (SSSR count). The minimum Gasteiger partial charge on any atom is -0.455 e. The lowest BCUT2D eigenvalue weighted by Crippen LogP contribution is -2.68. The molecular weight excluding hydrogens is 347 g/mol. The van der Waals surface area contributed by atoms with Crippen LogP contribution in [0.15, 0.2) is 0 Å². The van der Waals surface area contributed by atoms with Crippen LogP contribution >= 0.6 is 0 Å². The summed E-state index contributed by atoms with van der Waals surface area (Å²) in [4.78, 5) is 45.1. The molecule has 142 valence electrons. The van der Waals surface area contributed by atoms with Crippen molar-refractivity contribution in [3.63, 3.8) is 0 Å². The summed E-state index contributed by atoms with van der Waals surface area (Å²) in [6, 6.07) is 0. The van der Waals surface area contributed by atoms with Crippen LogP contribution in [0.3, 0.4) is 0 Å². The van der Waals surface area contributed by atoms with Crippen LogP contribution in [-0.4, -0.2) is 66.0 Å². The lowest BCUT2D eigenvalue weighted by atomic mass is 9.96. The van der Waals surface area contributed by atoms with E-state index in [4.69, 9.17) is 14.2 Å². The molecule has 0 aromatic heterocycles. The van der Waals surface area contributed by atoms with Crippen molar-refractivity contribution in [2.45, 2.75) is 58.2 Å². The Bertz CT molecular complexity index is 550. The van der Waals surface area contributed by atoms with Gasteiger partial charge in [-0.1, -0.05) is 0 Å². The zero-order valence-electron chi connectivity index (χ0n) is 14.0. The second kappa shape index (κ2) is 8.21. The summed E-state index contributed by atoms with van der Waals surface area (Å²) in [5.41, 5.74) is 0. The number of halogens is 1. The molecule has 25 heavy (non-hydrogen) atoms. The van der Waals surface area contributed by atoms with Crippen LogP contribution in [0.4, 0.5) is 4.39 Å². The molecule has 0 saturated carbocycles. The van der Waals surface area contributed by atoms with Gasteiger partial charge < -0.3 is 28.8 Å². The molecule has 1 heterocycles. The fourth-order valence-electron chi connectivity index (χ4n) is 2.27. The lowest BCUT2D eigenvalue weighted by molar-refractivity contribution is -0.372. The molecule has 0 unspecified atom stereocenters. The summed E-state index contributed by atoms with van der Waals surface area (Å²) in [5.74, 6) is -7.36. The zero-order chi connectivity index (χ0) is 19.4. The van der Waals surface area contributed by atoms with Crippen molar-refractivity contribution in [1.82, 2.24) is 0 Å². The summed E-state index contributed by atoms with van der Waals surface area (Å²) >= 11 is 0. The Kier molecular flexibility index (Phi) is 6.82. The van der Waals surface area contributed by atoms with Crippen molar-refractivity contribution < 1.29 is 52.4 Å². The number of carbonyl (C=O) groups is 4. The highest BCUT2D eigenvalue weighted by atomic mass is 19.2. The number of carbonyl (C=O) groups excluding carboxylic acids is 4. The van der Waals surface area contributed by atoms with Crippen LogP contribution in [0, 0.1) is 0 Å². The van der Waals surface area contributed by atoms with Gasteiger partial charge in [-0.2, -0.15) is 4.39 Å². The monoisotopic (exact) mass is 366 g/mol. The van der Waals surface area contributed by atoms with Crippen LogP contribution in [0.25, 0.3) is 0 Å². The first-order valence-corrected chi connectivity index (χ1v) is 7.17. The van der Waals surface area contributed by atoms with E-state index in [2.05, 4.69) is 9.47 Å². The maximum absolute atomic E-state index is 15.5. The van der Waals surface area contributed by atoms with Crippen molar-refractivity contribution in [1.29, 1.82) is 0 Å². The molecule has 0 spiro atoms. The number of rotatable bonds is 5. The van der Waals surface area contributed by atoms with Gasteiger partial charge in [0.15, 0.2) is 6.10 Å². The maximum atomic E-state index is 15.5. The third-order valence-electron chi connectivity index (χ3n) is 3.02. The van der Waals surface area contributed by atoms with Crippen LogP contribution in [0.2, 0.25) is 0 Å².